The normalized spacial score (nSPS) is 20.3. The summed E-state index contributed by atoms with van der Waals surface area (Å²) in [5.74, 6) is 3.13. The van der Waals surface area contributed by atoms with Gasteiger partial charge in [-0.2, -0.15) is 0 Å². The molecule has 0 amide bonds. The Labute approximate surface area is 351 Å². The lowest BCUT2D eigenvalue weighted by atomic mass is 9.81. The van der Waals surface area contributed by atoms with Crippen LogP contribution in [-0.2, 0) is 5.41 Å². The molecule has 59 heavy (non-hydrogen) atoms. The first-order valence-corrected chi connectivity index (χ1v) is 22.5. The van der Waals surface area contributed by atoms with Gasteiger partial charge < -0.3 is 4.90 Å². The Morgan fingerprint density at radius 2 is 1.15 bits per heavy atom. The molecule has 292 valence electrons. The second kappa shape index (κ2) is 14.9. The summed E-state index contributed by atoms with van der Waals surface area (Å²) in [6.07, 6.45) is 12.2. The Morgan fingerprint density at radius 1 is 0.458 bits per heavy atom. The molecule has 4 aliphatic rings. The first kappa shape index (κ1) is 36.4. The van der Waals surface area contributed by atoms with Crippen LogP contribution in [0.15, 0.2) is 164 Å². The molecule has 0 saturated heterocycles. The van der Waals surface area contributed by atoms with Crippen LogP contribution in [-0.4, -0.2) is 0 Å². The fraction of sp³-hybridized carbons (Fsp3) is 0.276. The minimum absolute atomic E-state index is 0.154. The predicted molar refractivity (Wildman–Crippen MR) is 249 cm³/mol. The van der Waals surface area contributed by atoms with Crippen molar-refractivity contribution >= 4 is 17.1 Å². The molecule has 0 spiro atoms. The van der Waals surface area contributed by atoms with E-state index in [1.54, 1.807) is 0 Å². The highest BCUT2D eigenvalue weighted by molar-refractivity contribution is 5.96. The van der Waals surface area contributed by atoms with Gasteiger partial charge >= 0.3 is 0 Å². The highest BCUT2D eigenvalue weighted by Crippen LogP contribution is 2.56. The van der Waals surface area contributed by atoms with Crippen LogP contribution in [0.25, 0.3) is 44.5 Å². The van der Waals surface area contributed by atoms with Crippen molar-refractivity contribution in [2.75, 3.05) is 4.90 Å². The maximum absolute atomic E-state index is 2.55. The molecule has 1 heteroatoms. The second-order valence-corrected chi connectivity index (χ2v) is 18.7. The SMILES string of the molecule is CC1(C)c2ccccc2-c2c(-c3ccc(-c4ccccc4)cc3)cc(N(c3ccc(C4CC5CCC4C5)cc3)c3cccc(-c4ccccc4C4CCCCC4)c3)cc21. The first-order chi connectivity index (χ1) is 29.0. The fourth-order valence-corrected chi connectivity index (χ4v) is 11.9. The number of nitrogens with zero attached hydrogens (tertiary/aromatic N) is 1. The van der Waals surface area contributed by atoms with Crippen molar-refractivity contribution in [2.45, 2.75) is 88.9 Å². The zero-order valence-corrected chi connectivity index (χ0v) is 34.7. The Kier molecular flexibility index (Phi) is 9.18. The summed E-state index contributed by atoms with van der Waals surface area (Å²) >= 11 is 0. The number of hydrogen-bond donors (Lipinski definition) is 0. The van der Waals surface area contributed by atoms with Crippen molar-refractivity contribution in [3.05, 3.63) is 186 Å². The van der Waals surface area contributed by atoms with Crippen molar-refractivity contribution in [3.8, 4) is 44.5 Å². The van der Waals surface area contributed by atoms with Gasteiger partial charge in [-0.15, -0.1) is 0 Å². The standard InChI is InChI=1S/C58H55N/c1-58(2)55-23-12-11-22-52(55)57-54(44-28-26-41(27-29-44)40-14-5-3-6-15-40)37-49(38-56(57)58)59(47-32-30-43(31-33-47)53-35-39-24-25-46(53)34-39)48-19-13-18-45(36-48)51-21-10-9-20-50(51)42-16-7-4-8-17-42/h3,5-6,9-15,18-23,26-33,36-39,42,46,53H,4,7-8,16-17,24-25,34-35H2,1-2H3. The summed E-state index contributed by atoms with van der Waals surface area (Å²) in [4.78, 5) is 2.55. The van der Waals surface area contributed by atoms with E-state index in [4.69, 9.17) is 0 Å². The Balaban J connectivity index is 1.09. The van der Waals surface area contributed by atoms with E-state index in [1.807, 2.05) is 0 Å². The van der Waals surface area contributed by atoms with E-state index in [1.165, 1.54) is 142 Å². The average molecular weight is 766 g/mol. The maximum Gasteiger partial charge on any atom is 0.0471 e. The lowest BCUT2D eigenvalue weighted by Gasteiger charge is -2.30. The molecule has 0 aliphatic heterocycles. The van der Waals surface area contributed by atoms with E-state index in [9.17, 15) is 0 Å². The van der Waals surface area contributed by atoms with E-state index < -0.39 is 0 Å². The molecule has 1 nitrogen and oxygen atoms in total. The molecule has 0 aromatic heterocycles. The molecular formula is C58H55N. The molecule has 11 rings (SSSR count). The van der Waals surface area contributed by atoms with Crippen LogP contribution < -0.4 is 4.90 Å². The molecule has 3 fully saturated rings. The molecule has 0 heterocycles. The summed E-state index contributed by atoms with van der Waals surface area (Å²) < 4.78 is 0. The molecule has 0 N–H and O–H groups in total. The average Bonchev–Trinajstić information content (AvgIpc) is 4.00. The molecule has 7 aromatic rings. The van der Waals surface area contributed by atoms with Gasteiger partial charge in [-0.3, -0.25) is 0 Å². The minimum atomic E-state index is -0.154. The highest BCUT2D eigenvalue weighted by Gasteiger charge is 2.40. The third-order valence-electron chi connectivity index (χ3n) is 15.0. The molecule has 3 unspecified atom stereocenters. The Hall–Kier alpha value is -5.66. The van der Waals surface area contributed by atoms with Gasteiger partial charge in [0.1, 0.15) is 0 Å². The molecule has 3 atom stereocenters. The third kappa shape index (κ3) is 6.46. The summed E-state index contributed by atoms with van der Waals surface area (Å²) in [6, 6.07) is 62.6. The van der Waals surface area contributed by atoms with Gasteiger partial charge in [0.2, 0.25) is 0 Å². The monoisotopic (exact) mass is 765 g/mol. The van der Waals surface area contributed by atoms with Crippen molar-refractivity contribution < 1.29 is 0 Å². The van der Waals surface area contributed by atoms with Crippen LogP contribution in [0.5, 0.6) is 0 Å². The van der Waals surface area contributed by atoms with Crippen LogP contribution in [0.3, 0.4) is 0 Å². The minimum Gasteiger partial charge on any atom is -0.310 e. The van der Waals surface area contributed by atoms with E-state index in [-0.39, 0.29) is 5.41 Å². The second-order valence-electron chi connectivity index (χ2n) is 18.7. The van der Waals surface area contributed by atoms with Gasteiger partial charge in [0, 0.05) is 22.5 Å². The van der Waals surface area contributed by atoms with Crippen molar-refractivity contribution in [1.82, 2.24) is 0 Å². The van der Waals surface area contributed by atoms with E-state index in [0.29, 0.717) is 11.8 Å². The number of hydrogen-bond acceptors (Lipinski definition) is 1. The van der Waals surface area contributed by atoms with E-state index in [2.05, 4.69) is 183 Å². The number of fused-ring (bicyclic) bond motifs is 5. The van der Waals surface area contributed by atoms with Crippen molar-refractivity contribution in [3.63, 3.8) is 0 Å². The van der Waals surface area contributed by atoms with Crippen LogP contribution >= 0.6 is 0 Å². The van der Waals surface area contributed by atoms with Gasteiger partial charge in [0.15, 0.2) is 0 Å². The zero-order valence-electron chi connectivity index (χ0n) is 34.7. The number of anilines is 3. The predicted octanol–water partition coefficient (Wildman–Crippen LogP) is 16.4. The number of rotatable bonds is 8. The lowest BCUT2D eigenvalue weighted by Crippen LogP contribution is -2.17. The maximum atomic E-state index is 2.55. The molecule has 4 aliphatic carbocycles. The topological polar surface area (TPSA) is 3.24 Å². The summed E-state index contributed by atoms with van der Waals surface area (Å²) in [6.45, 7) is 4.84. The van der Waals surface area contributed by atoms with Crippen molar-refractivity contribution in [1.29, 1.82) is 0 Å². The van der Waals surface area contributed by atoms with Crippen LogP contribution in [0.2, 0.25) is 0 Å². The largest absolute Gasteiger partial charge is 0.310 e. The first-order valence-electron chi connectivity index (χ1n) is 22.5. The van der Waals surface area contributed by atoms with Crippen LogP contribution in [0.4, 0.5) is 17.1 Å². The smallest absolute Gasteiger partial charge is 0.0471 e. The summed E-state index contributed by atoms with van der Waals surface area (Å²) in [5.41, 5.74) is 19.7. The van der Waals surface area contributed by atoms with Gasteiger partial charge in [0.05, 0.1) is 0 Å². The van der Waals surface area contributed by atoms with Gasteiger partial charge in [-0.05, 0) is 159 Å². The summed E-state index contributed by atoms with van der Waals surface area (Å²) in [5, 5.41) is 0. The zero-order chi connectivity index (χ0) is 39.5. The van der Waals surface area contributed by atoms with Gasteiger partial charge in [-0.1, -0.05) is 167 Å². The molecular weight excluding hydrogens is 711 g/mol. The van der Waals surface area contributed by atoms with Gasteiger partial charge in [0.25, 0.3) is 0 Å². The van der Waals surface area contributed by atoms with E-state index in [0.717, 1.165) is 11.8 Å². The Morgan fingerprint density at radius 3 is 1.92 bits per heavy atom. The summed E-state index contributed by atoms with van der Waals surface area (Å²) in [7, 11) is 0. The lowest BCUT2D eigenvalue weighted by molar-refractivity contribution is 0.420. The highest BCUT2D eigenvalue weighted by atomic mass is 15.1. The van der Waals surface area contributed by atoms with E-state index >= 15 is 0 Å². The molecule has 7 aromatic carbocycles. The third-order valence-corrected chi connectivity index (χ3v) is 15.0. The van der Waals surface area contributed by atoms with Crippen molar-refractivity contribution in [2.24, 2.45) is 11.8 Å². The molecule has 3 saturated carbocycles. The van der Waals surface area contributed by atoms with Crippen LogP contribution in [0, 0.1) is 11.8 Å². The fourth-order valence-electron chi connectivity index (χ4n) is 11.9. The molecule has 2 bridgehead atoms. The number of benzene rings is 7. The Bertz CT molecular complexity index is 2630. The van der Waals surface area contributed by atoms with Crippen LogP contribution in [0.1, 0.15) is 106 Å². The quantitative estimate of drug-likeness (QED) is 0.149. The molecule has 0 radical (unpaired) electrons. The van der Waals surface area contributed by atoms with Gasteiger partial charge in [-0.25, -0.2) is 0 Å².